The van der Waals surface area contributed by atoms with Gasteiger partial charge in [0.1, 0.15) is 12.4 Å². The number of aromatic nitrogens is 1. The Morgan fingerprint density at radius 3 is 2.70 bits per heavy atom. The number of rotatable bonds is 7. The Morgan fingerprint density at radius 2 is 2.03 bits per heavy atom. The number of hydrogen-bond donors (Lipinski definition) is 1. The maximum Gasteiger partial charge on any atom is 0.254 e. The SMILES string of the molecule is Cc1nc(COc2cccc(C(=O)N3CCN(C(C)C(=O)NC4CC4)CC3)c2)cs1. The quantitative estimate of drug-likeness (QED) is 0.733. The van der Waals surface area contributed by atoms with Gasteiger partial charge in [-0.25, -0.2) is 4.98 Å². The Balaban J connectivity index is 1.29. The molecule has 1 aromatic heterocycles. The van der Waals surface area contributed by atoms with E-state index in [0.29, 0.717) is 50.1 Å². The zero-order valence-electron chi connectivity index (χ0n) is 17.5. The number of benzene rings is 1. The van der Waals surface area contributed by atoms with Gasteiger partial charge in [-0.15, -0.1) is 11.3 Å². The van der Waals surface area contributed by atoms with Gasteiger partial charge in [0, 0.05) is 43.2 Å². The van der Waals surface area contributed by atoms with Crippen molar-refractivity contribution in [2.45, 2.75) is 45.4 Å². The number of carbonyl (C=O) groups is 2. The molecular formula is C22H28N4O3S. The van der Waals surface area contributed by atoms with Gasteiger partial charge in [0.15, 0.2) is 0 Å². The highest BCUT2D eigenvalue weighted by Crippen LogP contribution is 2.20. The summed E-state index contributed by atoms with van der Waals surface area (Å²) in [5.41, 5.74) is 1.51. The highest BCUT2D eigenvalue weighted by Gasteiger charge is 2.31. The summed E-state index contributed by atoms with van der Waals surface area (Å²) in [5, 5.41) is 6.06. The van der Waals surface area contributed by atoms with Crippen LogP contribution < -0.4 is 10.1 Å². The van der Waals surface area contributed by atoms with Crippen LogP contribution in [0.5, 0.6) is 5.75 Å². The summed E-state index contributed by atoms with van der Waals surface area (Å²) in [6, 6.07) is 7.52. The van der Waals surface area contributed by atoms with Gasteiger partial charge in [0.05, 0.1) is 16.7 Å². The van der Waals surface area contributed by atoms with E-state index in [1.165, 1.54) is 0 Å². The van der Waals surface area contributed by atoms with Crippen LogP contribution in [-0.2, 0) is 11.4 Å². The molecule has 1 saturated carbocycles. The molecule has 2 aliphatic rings. The largest absolute Gasteiger partial charge is 0.487 e. The summed E-state index contributed by atoms with van der Waals surface area (Å²) in [6.07, 6.45) is 2.18. The number of ether oxygens (including phenoxy) is 1. The summed E-state index contributed by atoms with van der Waals surface area (Å²) in [7, 11) is 0. The van der Waals surface area contributed by atoms with Gasteiger partial charge >= 0.3 is 0 Å². The molecule has 1 unspecified atom stereocenters. The lowest BCUT2D eigenvalue weighted by atomic mass is 10.1. The highest BCUT2D eigenvalue weighted by atomic mass is 32.1. The minimum Gasteiger partial charge on any atom is -0.487 e. The zero-order chi connectivity index (χ0) is 21.1. The van der Waals surface area contributed by atoms with Gasteiger partial charge in [-0.3, -0.25) is 14.5 Å². The fourth-order valence-electron chi connectivity index (χ4n) is 3.56. The van der Waals surface area contributed by atoms with Gasteiger partial charge in [0.2, 0.25) is 5.91 Å². The third-order valence-corrected chi connectivity index (χ3v) is 6.41. The molecule has 2 fully saturated rings. The van der Waals surface area contributed by atoms with Crippen molar-refractivity contribution in [1.82, 2.24) is 20.1 Å². The van der Waals surface area contributed by atoms with E-state index in [4.69, 9.17) is 4.74 Å². The van der Waals surface area contributed by atoms with E-state index in [9.17, 15) is 9.59 Å². The minimum absolute atomic E-state index is 0.000289. The van der Waals surface area contributed by atoms with Gasteiger partial charge < -0.3 is 15.0 Å². The zero-order valence-corrected chi connectivity index (χ0v) is 18.3. The summed E-state index contributed by atoms with van der Waals surface area (Å²) in [4.78, 5) is 33.6. The average Bonchev–Trinajstić information content (AvgIpc) is 3.49. The summed E-state index contributed by atoms with van der Waals surface area (Å²) in [5.74, 6) is 0.757. The van der Waals surface area contributed by atoms with Crippen LogP contribution in [0.4, 0.5) is 0 Å². The molecule has 0 bridgehead atoms. The lowest BCUT2D eigenvalue weighted by Gasteiger charge is -2.37. The molecule has 1 aliphatic carbocycles. The van der Waals surface area contributed by atoms with Gasteiger partial charge in [-0.2, -0.15) is 0 Å². The van der Waals surface area contributed by atoms with Crippen molar-refractivity contribution in [3.05, 3.63) is 45.9 Å². The van der Waals surface area contributed by atoms with E-state index in [1.807, 2.05) is 42.3 Å². The standard InChI is InChI=1S/C22H28N4O3S/c1-15(21(27)24-18-6-7-18)25-8-10-26(11-9-25)22(28)17-4-3-5-20(12-17)29-13-19-14-30-16(2)23-19/h3-5,12,14-15,18H,6-11,13H2,1-2H3,(H,24,27). The molecule has 7 nitrogen and oxygen atoms in total. The molecule has 0 spiro atoms. The monoisotopic (exact) mass is 428 g/mol. The Kier molecular flexibility index (Phi) is 6.34. The number of aryl methyl sites for hydroxylation is 1. The Morgan fingerprint density at radius 1 is 1.27 bits per heavy atom. The minimum atomic E-state index is -0.158. The van der Waals surface area contributed by atoms with Crippen molar-refractivity contribution in [1.29, 1.82) is 0 Å². The van der Waals surface area contributed by atoms with Crippen molar-refractivity contribution in [3.8, 4) is 5.75 Å². The van der Waals surface area contributed by atoms with Gasteiger partial charge in [0.25, 0.3) is 5.91 Å². The van der Waals surface area contributed by atoms with Crippen LogP contribution in [0.15, 0.2) is 29.6 Å². The summed E-state index contributed by atoms with van der Waals surface area (Å²) in [6.45, 7) is 6.93. The topological polar surface area (TPSA) is 74.8 Å². The summed E-state index contributed by atoms with van der Waals surface area (Å²) >= 11 is 1.60. The first-order chi connectivity index (χ1) is 14.5. The molecule has 1 saturated heterocycles. The number of thiazole rings is 1. The Bertz CT molecular complexity index is 903. The van der Waals surface area contributed by atoms with Crippen LogP contribution in [-0.4, -0.2) is 64.9 Å². The number of nitrogens with zero attached hydrogens (tertiary/aromatic N) is 3. The normalized spacial score (nSPS) is 18.1. The first kappa shape index (κ1) is 20.8. The third-order valence-electron chi connectivity index (χ3n) is 5.59. The number of piperazine rings is 1. The molecule has 2 aromatic rings. The van der Waals surface area contributed by atoms with E-state index in [2.05, 4.69) is 15.2 Å². The van der Waals surface area contributed by atoms with Crippen LogP contribution in [0.25, 0.3) is 0 Å². The molecule has 1 aliphatic heterocycles. The molecule has 1 N–H and O–H groups in total. The second-order valence-corrected chi connectivity index (χ2v) is 9.02. The van der Waals surface area contributed by atoms with Crippen LogP contribution in [0.1, 0.15) is 40.8 Å². The van der Waals surface area contributed by atoms with E-state index >= 15 is 0 Å². The van der Waals surface area contributed by atoms with Crippen LogP contribution >= 0.6 is 11.3 Å². The fraction of sp³-hybridized carbons (Fsp3) is 0.500. The number of hydrogen-bond acceptors (Lipinski definition) is 6. The Labute approximate surface area is 181 Å². The molecule has 8 heteroatoms. The molecule has 160 valence electrons. The van der Waals surface area contributed by atoms with E-state index in [-0.39, 0.29) is 17.9 Å². The van der Waals surface area contributed by atoms with Crippen LogP contribution in [0.2, 0.25) is 0 Å². The fourth-order valence-corrected chi connectivity index (χ4v) is 4.16. The highest BCUT2D eigenvalue weighted by molar-refractivity contribution is 7.09. The lowest BCUT2D eigenvalue weighted by molar-refractivity contribution is -0.126. The predicted octanol–water partition coefficient (Wildman–Crippen LogP) is 2.46. The van der Waals surface area contributed by atoms with Gasteiger partial charge in [-0.05, 0) is 44.9 Å². The molecule has 2 heterocycles. The van der Waals surface area contributed by atoms with Gasteiger partial charge in [-0.1, -0.05) is 6.07 Å². The molecule has 1 aromatic carbocycles. The van der Waals surface area contributed by atoms with Crippen molar-refractivity contribution in [2.24, 2.45) is 0 Å². The van der Waals surface area contributed by atoms with Crippen molar-refractivity contribution >= 4 is 23.2 Å². The average molecular weight is 429 g/mol. The van der Waals surface area contributed by atoms with Crippen molar-refractivity contribution in [3.63, 3.8) is 0 Å². The molecule has 30 heavy (non-hydrogen) atoms. The molecule has 1 atom stereocenters. The molecular weight excluding hydrogens is 400 g/mol. The Hall–Kier alpha value is -2.45. The third kappa shape index (κ3) is 5.17. The maximum atomic E-state index is 13.0. The lowest BCUT2D eigenvalue weighted by Crippen LogP contribution is -2.55. The van der Waals surface area contributed by atoms with Crippen molar-refractivity contribution in [2.75, 3.05) is 26.2 Å². The van der Waals surface area contributed by atoms with E-state index < -0.39 is 0 Å². The van der Waals surface area contributed by atoms with Crippen LogP contribution in [0.3, 0.4) is 0 Å². The second-order valence-electron chi connectivity index (χ2n) is 7.96. The number of amides is 2. The van der Waals surface area contributed by atoms with E-state index in [0.717, 1.165) is 23.5 Å². The first-order valence-electron chi connectivity index (χ1n) is 10.5. The number of carbonyl (C=O) groups excluding carboxylic acids is 2. The maximum absolute atomic E-state index is 13.0. The first-order valence-corrected chi connectivity index (χ1v) is 11.3. The van der Waals surface area contributed by atoms with Crippen molar-refractivity contribution < 1.29 is 14.3 Å². The van der Waals surface area contributed by atoms with E-state index in [1.54, 1.807) is 17.4 Å². The second kappa shape index (κ2) is 9.14. The predicted molar refractivity (Wildman–Crippen MR) is 116 cm³/mol. The smallest absolute Gasteiger partial charge is 0.254 e. The summed E-state index contributed by atoms with van der Waals surface area (Å²) < 4.78 is 5.82. The van der Waals surface area contributed by atoms with Crippen LogP contribution in [0, 0.1) is 6.92 Å². The number of nitrogens with one attached hydrogen (secondary N) is 1. The molecule has 0 radical (unpaired) electrons. The molecule has 4 rings (SSSR count). The molecule has 2 amide bonds.